The van der Waals surface area contributed by atoms with Crippen molar-refractivity contribution in [2.24, 2.45) is 0 Å². The van der Waals surface area contributed by atoms with Gasteiger partial charge in [0.25, 0.3) is 6.43 Å². The fourth-order valence-electron chi connectivity index (χ4n) is 1.12. The molecule has 0 unspecified atom stereocenters. The van der Waals surface area contributed by atoms with E-state index in [4.69, 9.17) is 11.6 Å². The van der Waals surface area contributed by atoms with Crippen LogP contribution in [-0.2, 0) is 4.74 Å². The smallest absolute Gasteiger partial charge is 0.357 e. The number of alkyl halides is 2. The Morgan fingerprint density at radius 1 is 1.60 bits per heavy atom. The number of carbonyl (C=O) groups excluding carboxylic acids is 1. The van der Waals surface area contributed by atoms with Crippen molar-refractivity contribution in [2.45, 2.75) is 13.3 Å². The fraction of sp³-hybridized carbons (Fsp3) is 0.333. The molecule has 1 aromatic rings. The Bertz CT molecular complexity index is 396. The number of nitrogens with zero attached hydrogens (tertiary/aromatic N) is 1. The summed E-state index contributed by atoms with van der Waals surface area (Å²) in [5.74, 6) is -0.898. The van der Waals surface area contributed by atoms with Crippen molar-refractivity contribution in [3.63, 3.8) is 0 Å². The normalized spacial score (nSPS) is 10.5. The predicted octanol–water partition coefficient (Wildman–Crippen LogP) is 2.77. The average molecular weight is 236 g/mol. The van der Waals surface area contributed by atoms with Crippen LogP contribution in [0.2, 0.25) is 5.02 Å². The predicted molar refractivity (Wildman–Crippen MR) is 50.3 cm³/mol. The second kappa shape index (κ2) is 4.53. The first-order valence-electron chi connectivity index (χ1n) is 4.00. The number of esters is 1. The molecule has 1 heterocycles. The summed E-state index contributed by atoms with van der Waals surface area (Å²) in [7, 11) is 1.10. The number of pyridine rings is 1. The summed E-state index contributed by atoms with van der Waals surface area (Å²) in [4.78, 5) is 14.7. The van der Waals surface area contributed by atoms with Crippen molar-refractivity contribution in [1.29, 1.82) is 0 Å². The average Bonchev–Trinajstić information content (AvgIpc) is 2.20. The minimum Gasteiger partial charge on any atom is -0.464 e. The van der Waals surface area contributed by atoms with Crippen LogP contribution >= 0.6 is 11.6 Å². The van der Waals surface area contributed by atoms with Gasteiger partial charge in [-0.3, -0.25) is 0 Å². The van der Waals surface area contributed by atoms with Crippen molar-refractivity contribution in [2.75, 3.05) is 7.11 Å². The number of halogens is 3. The van der Waals surface area contributed by atoms with E-state index in [1.54, 1.807) is 0 Å². The third-order valence-electron chi connectivity index (χ3n) is 1.92. The fourth-order valence-corrected chi connectivity index (χ4v) is 1.27. The Morgan fingerprint density at radius 3 is 2.67 bits per heavy atom. The number of hydrogen-bond donors (Lipinski definition) is 0. The summed E-state index contributed by atoms with van der Waals surface area (Å²) in [5.41, 5.74) is -0.731. The molecular weight excluding hydrogens is 228 g/mol. The van der Waals surface area contributed by atoms with E-state index in [1.165, 1.54) is 6.92 Å². The lowest BCUT2D eigenvalue weighted by molar-refractivity contribution is 0.0581. The Hall–Kier alpha value is -1.23. The van der Waals surface area contributed by atoms with Crippen LogP contribution < -0.4 is 0 Å². The van der Waals surface area contributed by atoms with Gasteiger partial charge in [-0.2, -0.15) is 0 Å². The van der Waals surface area contributed by atoms with E-state index in [1.807, 2.05) is 0 Å². The second-order valence-electron chi connectivity index (χ2n) is 2.79. The highest BCUT2D eigenvalue weighted by Crippen LogP contribution is 2.29. The lowest BCUT2D eigenvalue weighted by Gasteiger charge is -2.10. The first kappa shape index (κ1) is 11.8. The maximum Gasteiger partial charge on any atom is 0.357 e. The van der Waals surface area contributed by atoms with E-state index >= 15 is 0 Å². The molecule has 0 N–H and O–H groups in total. The molecule has 0 saturated carbocycles. The molecule has 0 radical (unpaired) electrons. The number of carbonyl (C=O) groups is 1. The van der Waals surface area contributed by atoms with Gasteiger partial charge in [-0.15, -0.1) is 0 Å². The minimum absolute atomic E-state index is 0.0953. The summed E-state index contributed by atoms with van der Waals surface area (Å²) < 4.78 is 29.7. The maximum absolute atomic E-state index is 12.7. The summed E-state index contributed by atoms with van der Waals surface area (Å²) in [6.07, 6.45) is -1.67. The number of hydrogen-bond acceptors (Lipinski definition) is 3. The van der Waals surface area contributed by atoms with E-state index < -0.39 is 23.7 Å². The molecule has 0 atom stereocenters. The maximum atomic E-state index is 12.7. The van der Waals surface area contributed by atoms with E-state index in [-0.39, 0.29) is 10.6 Å². The van der Waals surface area contributed by atoms with Gasteiger partial charge in [0.2, 0.25) is 0 Å². The van der Waals surface area contributed by atoms with Crippen LogP contribution in [0.1, 0.15) is 28.0 Å². The zero-order valence-electron chi connectivity index (χ0n) is 8.05. The summed E-state index contributed by atoms with van der Waals surface area (Å²) in [6, 6.07) is 0. The first-order chi connectivity index (χ1) is 6.99. The molecule has 0 spiro atoms. The highest BCUT2D eigenvalue weighted by molar-refractivity contribution is 6.31. The summed E-state index contributed by atoms with van der Waals surface area (Å²) in [6.45, 7) is 1.40. The number of rotatable bonds is 2. The van der Waals surface area contributed by atoms with E-state index in [2.05, 4.69) is 9.72 Å². The van der Waals surface area contributed by atoms with Crippen LogP contribution in [0.3, 0.4) is 0 Å². The third-order valence-corrected chi connectivity index (χ3v) is 2.30. The molecule has 0 bridgehead atoms. The Kier molecular flexibility index (Phi) is 3.57. The zero-order valence-corrected chi connectivity index (χ0v) is 8.81. The number of methoxy groups -OCH3 is 1. The zero-order chi connectivity index (χ0) is 11.6. The Balaban J connectivity index is 3.40. The Labute approximate surface area is 90.0 Å². The van der Waals surface area contributed by atoms with Gasteiger partial charge in [-0.25, -0.2) is 18.6 Å². The molecule has 1 aromatic heterocycles. The second-order valence-corrected chi connectivity index (χ2v) is 3.19. The van der Waals surface area contributed by atoms with Gasteiger partial charge in [-0.1, -0.05) is 11.6 Å². The SMILES string of the molecule is COC(=O)c1ncc(Cl)c(C)c1C(F)F. The van der Waals surface area contributed by atoms with Gasteiger partial charge in [0.15, 0.2) is 5.69 Å². The van der Waals surface area contributed by atoms with Crippen LogP contribution in [0, 0.1) is 6.92 Å². The molecular formula is C9H8ClF2NO2. The van der Waals surface area contributed by atoms with Crippen LogP contribution in [-0.4, -0.2) is 18.1 Å². The van der Waals surface area contributed by atoms with Gasteiger partial charge in [-0.05, 0) is 12.5 Å². The molecule has 82 valence electrons. The lowest BCUT2D eigenvalue weighted by atomic mass is 10.1. The van der Waals surface area contributed by atoms with Crippen molar-refractivity contribution >= 4 is 17.6 Å². The molecule has 0 saturated heterocycles. The minimum atomic E-state index is -2.81. The van der Waals surface area contributed by atoms with Crippen molar-refractivity contribution in [1.82, 2.24) is 4.98 Å². The highest BCUT2D eigenvalue weighted by atomic mass is 35.5. The van der Waals surface area contributed by atoms with Crippen LogP contribution in [0.5, 0.6) is 0 Å². The largest absolute Gasteiger partial charge is 0.464 e. The van der Waals surface area contributed by atoms with E-state index in [0.29, 0.717) is 0 Å². The molecule has 0 aliphatic heterocycles. The molecule has 6 heteroatoms. The Morgan fingerprint density at radius 2 is 2.20 bits per heavy atom. The van der Waals surface area contributed by atoms with E-state index in [0.717, 1.165) is 13.3 Å². The third kappa shape index (κ3) is 2.23. The molecule has 0 aliphatic carbocycles. The van der Waals surface area contributed by atoms with Gasteiger partial charge < -0.3 is 4.74 Å². The van der Waals surface area contributed by atoms with Crippen molar-refractivity contribution < 1.29 is 18.3 Å². The quantitative estimate of drug-likeness (QED) is 0.740. The number of ether oxygens (including phenoxy) is 1. The van der Waals surface area contributed by atoms with Crippen LogP contribution in [0.25, 0.3) is 0 Å². The summed E-state index contributed by atoms with van der Waals surface area (Å²) in [5, 5.41) is 0.0953. The molecule has 3 nitrogen and oxygen atoms in total. The van der Waals surface area contributed by atoms with Crippen molar-refractivity contribution in [3.05, 3.63) is 28.0 Å². The van der Waals surface area contributed by atoms with Gasteiger partial charge in [0, 0.05) is 6.20 Å². The lowest BCUT2D eigenvalue weighted by Crippen LogP contribution is -2.10. The highest BCUT2D eigenvalue weighted by Gasteiger charge is 2.24. The van der Waals surface area contributed by atoms with E-state index in [9.17, 15) is 13.6 Å². The molecule has 0 amide bonds. The molecule has 0 fully saturated rings. The van der Waals surface area contributed by atoms with Crippen molar-refractivity contribution in [3.8, 4) is 0 Å². The molecule has 15 heavy (non-hydrogen) atoms. The standard InChI is InChI=1S/C9H8ClF2NO2/c1-4-5(10)3-13-7(9(14)15-2)6(4)8(11)12/h3,8H,1-2H3. The summed E-state index contributed by atoms with van der Waals surface area (Å²) >= 11 is 5.63. The monoisotopic (exact) mass is 235 g/mol. The van der Waals surface area contributed by atoms with Gasteiger partial charge in [0.05, 0.1) is 17.7 Å². The molecule has 0 aromatic carbocycles. The van der Waals surface area contributed by atoms with Gasteiger partial charge in [0.1, 0.15) is 0 Å². The van der Waals surface area contributed by atoms with Crippen LogP contribution in [0.15, 0.2) is 6.20 Å². The first-order valence-corrected chi connectivity index (χ1v) is 4.38. The topological polar surface area (TPSA) is 39.2 Å². The van der Waals surface area contributed by atoms with Crippen LogP contribution in [0.4, 0.5) is 8.78 Å². The molecule has 0 aliphatic rings. The van der Waals surface area contributed by atoms with Gasteiger partial charge >= 0.3 is 5.97 Å². The molecule has 1 rings (SSSR count). The number of aromatic nitrogens is 1.